The van der Waals surface area contributed by atoms with E-state index in [4.69, 9.17) is 4.74 Å². The van der Waals surface area contributed by atoms with Crippen LogP contribution in [0.2, 0.25) is 0 Å². The van der Waals surface area contributed by atoms with Crippen molar-refractivity contribution < 1.29 is 14.3 Å². The van der Waals surface area contributed by atoms with Gasteiger partial charge in [0.2, 0.25) is 5.91 Å². The van der Waals surface area contributed by atoms with Gasteiger partial charge in [0, 0.05) is 23.9 Å². The van der Waals surface area contributed by atoms with E-state index in [1.165, 1.54) is 11.3 Å². The first-order valence-corrected chi connectivity index (χ1v) is 10.2. The number of carbonyl (C=O) groups is 2. The Kier molecular flexibility index (Phi) is 5.31. The van der Waals surface area contributed by atoms with Gasteiger partial charge in [-0.15, -0.1) is 11.3 Å². The monoisotopic (exact) mass is 407 g/mol. The second kappa shape index (κ2) is 8.05. The predicted molar refractivity (Wildman–Crippen MR) is 115 cm³/mol. The molecule has 0 aliphatic carbocycles. The van der Waals surface area contributed by atoms with Crippen molar-refractivity contribution in [1.82, 2.24) is 4.98 Å². The molecular weight excluding hydrogens is 386 g/mol. The van der Waals surface area contributed by atoms with Crippen molar-refractivity contribution in [1.29, 1.82) is 0 Å². The first kappa shape index (κ1) is 19.1. The number of fused-ring (bicyclic) bond motifs is 1. The van der Waals surface area contributed by atoms with Gasteiger partial charge in [0.1, 0.15) is 5.75 Å². The molecule has 0 fully saturated rings. The van der Waals surface area contributed by atoms with Gasteiger partial charge in [0.25, 0.3) is 5.91 Å². The Morgan fingerprint density at radius 1 is 1.24 bits per heavy atom. The van der Waals surface area contributed by atoms with Crippen LogP contribution in [0.4, 0.5) is 10.8 Å². The van der Waals surface area contributed by atoms with E-state index in [1.807, 2.05) is 55.5 Å². The van der Waals surface area contributed by atoms with Gasteiger partial charge in [-0.2, -0.15) is 0 Å². The molecular formula is C22H21N3O3S. The Bertz CT molecular complexity index is 1060. The van der Waals surface area contributed by atoms with E-state index in [0.29, 0.717) is 23.7 Å². The number of anilines is 2. The summed E-state index contributed by atoms with van der Waals surface area (Å²) in [5, 5.41) is 3.48. The fourth-order valence-corrected chi connectivity index (χ4v) is 4.07. The highest BCUT2D eigenvalue weighted by Gasteiger charge is 2.23. The summed E-state index contributed by atoms with van der Waals surface area (Å²) in [4.78, 5) is 31.4. The molecule has 2 amide bonds. The number of aryl methyl sites for hydroxylation is 2. The zero-order chi connectivity index (χ0) is 20.4. The number of benzene rings is 2. The summed E-state index contributed by atoms with van der Waals surface area (Å²) in [6.07, 6.45) is 1.09. The second-order valence-electron chi connectivity index (χ2n) is 6.88. The highest BCUT2D eigenvalue weighted by atomic mass is 32.1. The zero-order valence-corrected chi connectivity index (χ0v) is 17.1. The van der Waals surface area contributed by atoms with Crippen molar-refractivity contribution in [3.8, 4) is 17.0 Å². The molecule has 0 atom stereocenters. The van der Waals surface area contributed by atoms with Crippen molar-refractivity contribution in [3.63, 3.8) is 0 Å². The number of likely N-dealkylation sites (N-methyl/N-ethyl adjacent to an activating group) is 1. The minimum Gasteiger partial charge on any atom is -0.482 e. The van der Waals surface area contributed by atoms with Gasteiger partial charge in [-0.3, -0.25) is 9.59 Å². The maximum atomic E-state index is 12.3. The molecule has 0 spiro atoms. The lowest BCUT2D eigenvalue weighted by Gasteiger charge is -2.26. The highest BCUT2D eigenvalue weighted by molar-refractivity contribution is 7.16. The first-order chi connectivity index (χ1) is 14.0. The molecule has 0 unspecified atom stereocenters. The molecule has 0 bridgehead atoms. The Hall–Kier alpha value is -3.19. The molecule has 29 heavy (non-hydrogen) atoms. The van der Waals surface area contributed by atoms with Crippen LogP contribution in [0.25, 0.3) is 11.3 Å². The normalized spacial score (nSPS) is 13.0. The number of aromatic nitrogens is 1. The number of hydrogen-bond donors (Lipinski definition) is 1. The summed E-state index contributed by atoms with van der Waals surface area (Å²) < 4.78 is 5.48. The van der Waals surface area contributed by atoms with E-state index in [2.05, 4.69) is 10.3 Å². The van der Waals surface area contributed by atoms with Gasteiger partial charge >= 0.3 is 0 Å². The van der Waals surface area contributed by atoms with Gasteiger partial charge < -0.3 is 15.0 Å². The SMILES string of the molecule is Cc1sc(NC(=O)CCc2ccccc2)nc1-c1ccc2c(c1)N(C)C(=O)CO2. The van der Waals surface area contributed by atoms with E-state index in [1.54, 1.807) is 11.9 Å². The van der Waals surface area contributed by atoms with Crippen molar-refractivity contribution in [2.24, 2.45) is 0 Å². The van der Waals surface area contributed by atoms with E-state index < -0.39 is 0 Å². The Morgan fingerprint density at radius 3 is 2.83 bits per heavy atom. The van der Waals surface area contributed by atoms with Crippen LogP contribution in [-0.2, 0) is 16.0 Å². The summed E-state index contributed by atoms with van der Waals surface area (Å²) >= 11 is 1.44. The summed E-state index contributed by atoms with van der Waals surface area (Å²) in [5.41, 5.74) is 3.53. The number of ether oxygens (including phenoxy) is 1. The van der Waals surface area contributed by atoms with Crippen molar-refractivity contribution >= 4 is 34.0 Å². The van der Waals surface area contributed by atoms with Gasteiger partial charge in [-0.05, 0) is 37.1 Å². The predicted octanol–water partition coefficient (Wildman–Crippen LogP) is 4.05. The maximum absolute atomic E-state index is 12.3. The molecule has 6 nitrogen and oxygen atoms in total. The smallest absolute Gasteiger partial charge is 0.264 e. The average molecular weight is 407 g/mol. The van der Waals surface area contributed by atoms with Gasteiger partial charge in [-0.25, -0.2) is 4.98 Å². The van der Waals surface area contributed by atoms with Crippen LogP contribution >= 0.6 is 11.3 Å². The van der Waals surface area contributed by atoms with Crippen LogP contribution in [0, 0.1) is 6.92 Å². The standard InChI is InChI=1S/C22H21N3O3S/c1-14-21(16-9-10-18-17(12-16)25(2)20(27)13-28-18)24-22(29-14)23-19(26)11-8-15-6-4-3-5-7-15/h3-7,9-10,12H,8,11,13H2,1-2H3,(H,23,24,26). The largest absolute Gasteiger partial charge is 0.482 e. The van der Waals surface area contributed by atoms with Crippen LogP contribution in [0.1, 0.15) is 16.9 Å². The van der Waals surface area contributed by atoms with Crippen LogP contribution in [0.5, 0.6) is 5.75 Å². The summed E-state index contributed by atoms with van der Waals surface area (Å²) in [6, 6.07) is 15.6. The van der Waals surface area contributed by atoms with Crippen LogP contribution in [0.3, 0.4) is 0 Å². The fraction of sp³-hybridized carbons (Fsp3) is 0.227. The number of carbonyl (C=O) groups excluding carboxylic acids is 2. The number of nitrogens with zero attached hydrogens (tertiary/aromatic N) is 2. The summed E-state index contributed by atoms with van der Waals surface area (Å²) in [5.74, 6) is 0.535. The van der Waals surface area contributed by atoms with E-state index in [0.717, 1.165) is 27.4 Å². The fourth-order valence-electron chi connectivity index (χ4n) is 3.22. The van der Waals surface area contributed by atoms with Crippen molar-refractivity contribution in [2.45, 2.75) is 19.8 Å². The molecule has 2 aromatic carbocycles. The summed E-state index contributed by atoms with van der Waals surface area (Å²) in [7, 11) is 1.74. The number of nitrogens with one attached hydrogen (secondary N) is 1. The molecule has 0 saturated heterocycles. The Balaban J connectivity index is 1.48. The highest BCUT2D eigenvalue weighted by Crippen LogP contribution is 2.37. The van der Waals surface area contributed by atoms with E-state index in [9.17, 15) is 9.59 Å². The topological polar surface area (TPSA) is 71.5 Å². The lowest BCUT2D eigenvalue weighted by Crippen LogP contribution is -2.35. The summed E-state index contributed by atoms with van der Waals surface area (Å²) in [6.45, 7) is 2.02. The molecule has 7 heteroatoms. The molecule has 1 N–H and O–H groups in total. The van der Waals surface area contributed by atoms with Gasteiger partial charge in [0.15, 0.2) is 11.7 Å². The molecule has 3 aromatic rings. The number of thiazole rings is 1. The van der Waals surface area contributed by atoms with Crippen LogP contribution < -0.4 is 15.0 Å². The zero-order valence-electron chi connectivity index (χ0n) is 16.3. The molecule has 0 radical (unpaired) electrons. The lowest BCUT2D eigenvalue weighted by molar-refractivity contribution is -0.121. The van der Waals surface area contributed by atoms with Gasteiger partial charge in [-0.1, -0.05) is 30.3 Å². The minimum atomic E-state index is -0.0870. The van der Waals surface area contributed by atoms with Crippen LogP contribution in [-0.4, -0.2) is 30.5 Å². The van der Waals surface area contributed by atoms with Crippen molar-refractivity contribution in [3.05, 3.63) is 59.0 Å². The third-order valence-electron chi connectivity index (χ3n) is 4.85. The molecule has 4 rings (SSSR count). The van der Waals surface area contributed by atoms with Crippen molar-refractivity contribution in [2.75, 3.05) is 23.9 Å². The first-order valence-electron chi connectivity index (χ1n) is 9.36. The third kappa shape index (κ3) is 4.14. The second-order valence-corrected chi connectivity index (χ2v) is 8.08. The molecule has 0 saturated carbocycles. The Labute approximate surface area is 173 Å². The van der Waals surface area contributed by atoms with E-state index in [-0.39, 0.29) is 18.4 Å². The third-order valence-corrected chi connectivity index (χ3v) is 5.73. The molecule has 1 aliphatic heterocycles. The molecule has 2 heterocycles. The average Bonchev–Trinajstić information content (AvgIpc) is 3.10. The number of amides is 2. The Morgan fingerprint density at radius 2 is 2.03 bits per heavy atom. The lowest BCUT2D eigenvalue weighted by atomic mass is 10.1. The van der Waals surface area contributed by atoms with Crippen LogP contribution in [0.15, 0.2) is 48.5 Å². The maximum Gasteiger partial charge on any atom is 0.264 e. The number of rotatable bonds is 5. The van der Waals surface area contributed by atoms with Gasteiger partial charge in [0.05, 0.1) is 11.4 Å². The van der Waals surface area contributed by atoms with E-state index >= 15 is 0 Å². The minimum absolute atomic E-state index is 0.0533. The molecule has 148 valence electrons. The number of hydrogen-bond acceptors (Lipinski definition) is 5. The quantitative estimate of drug-likeness (QED) is 0.693. The molecule has 1 aromatic heterocycles. The molecule has 1 aliphatic rings.